The number of nitrogens with one attached hydrogen (secondary N) is 1. The van der Waals surface area contributed by atoms with Crippen molar-refractivity contribution in [3.05, 3.63) is 41.6 Å². The van der Waals surface area contributed by atoms with Crippen LogP contribution < -0.4 is 11.3 Å². The number of aromatic nitrogens is 2. The largest absolute Gasteiger partial charge is 0.467 e. The van der Waals surface area contributed by atoms with Gasteiger partial charge in [-0.15, -0.1) is 0 Å². The van der Waals surface area contributed by atoms with Crippen molar-refractivity contribution in [2.24, 2.45) is 5.84 Å². The molecular weight excluding hydrogens is 262 g/mol. The highest BCUT2D eigenvalue weighted by Gasteiger charge is 2.16. The monoisotopic (exact) mass is 277 g/mol. The molecule has 0 aromatic carbocycles. The summed E-state index contributed by atoms with van der Waals surface area (Å²) < 4.78 is 6.75. The highest BCUT2D eigenvalue weighted by atomic mass is 16.3. The molecule has 3 N–H and O–H groups in total. The van der Waals surface area contributed by atoms with Gasteiger partial charge in [-0.25, -0.2) is 5.84 Å². The Balaban J connectivity index is 2.17. The molecule has 8 nitrogen and oxygen atoms in total. The Hall–Kier alpha value is -2.61. The fourth-order valence-electron chi connectivity index (χ4n) is 1.68. The van der Waals surface area contributed by atoms with Gasteiger partial charge >= 0.3 is 0 Å². The molecular formula is C12H15N5O3. The SMILES string of the molecule is CN(C)C(=O)c1ccn(Cc2occc2C(=O)NN)n1. The van der Waals surface area contributed by atoms with Gasteiger partial charge in [0.15, 0.2) is 0 Å². The quantitative estimate of drug-likeness (QED) is 0.458. The highest BCUT2D eigenvalue weighted by Crippen LogP contribution is 2.12. The molecule has 0 spiro atoms. The average molecular weight is 277 g/mol. The summed E-state index contributed by atoms with van der Waals surface area (Å²) in [6.07, 6.45) is 3.04. The Morgan fingerprint density at radius 3 is 2.85 bits per heavy atom. The van der Waals surface area contributed by atoms with Crippen molar-refractivity contribution in [3.8, 4) is 0 Å². The van der Waals surface area contributed by atoms with Crippen molar-refractivity contribution in [3.63, 3.8) is 0 Å². The molecule has 106 valence electrons. The minimum absolute atomic E-state index is 0.192. The van der Waals surface area contributed by atoms with Gasteiger partial charge in [0.05, 0.1) is 18.4 Å². The summed E-state index contributed by atoms with van der Waals surface area (Å²) in [5.41, 5.74) is 2.70. The molecule has 0 radical (unpaired) electrons. The number of nitrogen functional groups attached to an aromatic ring is 1. The molecule has 2 aromatic heterocycles. The lowest BCUT2D eigenvalue weighted by molar-refractivity contribution is 0.0820. The van der Waals surface area contributed by atoms with Gasteiger partial charge in [-0.05, 0) is 12.1 Å². The fraction of sp³-hybridized carbons (Fsp3) is 0.250. The topological polar surface area (TPSA) is 106 Å². The maximum atomic E-state index is 11.7. The highest BCUT2D eigenvalue weighted by molar-refractivity contribution is 5.94. The van der Waals surface area contributed by atoms with Gasteiger partial charge in [0.2, 0.25) is 0 Å². The Morgan fingerprint density at radius 1 is 1.45 bits per heavy atom. The summed E-state index contributed by atoms with van der Waals surface area (Å²) in [6.45, 7) is 0.233. The van der Waals surface area contributed by atoms with Gasteiger partial charge in [0.25, 0.3) is 11.8 Å². The summed E-state index contributed by atoms with van der Waals surface area (Å²) in [7, 11) is 3.30. The van der Waals surface area contributed by atoms with E-state index in [-0.39, 0.29) is 12.5 Å². The number of carbonyl (C=O) groups excluding carboxylic acids is 2. The van der Waals surface area contributed by atoms with E-state index in [0.29, 0.717) is 17.0 Å². The van der Waals surface area contributed by atoms with Crippen LogP contribution in [0.4, 0.5) is 0 Å². The number of nitrogens with two attached hydrogens (primary N) is 1. The number of nitrogens with zero attached hydrogens (tertiary/aromatic N) is 3. The van der Waals surface area contributed by atoms with E-state index >= 15 is 0 Å². The molecule has 0 unspecified atom stereocenters. The average Bonchev–Trinajstić information content (AvgIpc) is 3.06. The molecule has 0 saturated carbocycles. The first kappa shape index (κ1) is 13.8. The van der Waals surface area contributed by atoms with Crippen molar-refractivity contribution in [2.45, 2.75) is 6.54 Å². The molecule has 0 saturated heterocycles. The molecule has 0 fully saturated rings. The number of hydrogen-bond donors (Lipinski definition) is 2. The van der Waals surface area contributed by atoms with Crippen LogP contribution in [0.2, 0.25) is 0 Å². The maximum Gasteiger partial charge on any atom is 0.273 e. The van der Waals surface area contributed by atoms with Gasteiger partial charge in [-0.2, -0.15) is 5.10 Å². The van der Waals surface area contributed by atoms with Gasteiger partial charge in [-0.3, -0.25) is 19.7 Å². The number of furan rings is 1. The van der Waals surface area contributed by atoms with E-state index in [9.17, 15) is 9.59 Å². The molecule has 2 amide bonds. The van der Waals surface area contributed by atoms with Gasteiger partial charge < -0.3 is 9.32 Å². The van der Waals surface area contributed by atoms with Gasteiger partial charge in [-0.1, -0.05) is 0 Å². The van der Waals surface area contributed by atoms with Crippen LogP contribution in [0.3, 0.4) is 0 Å². The van der Waals surface area contributed by atoms with E-state index in [1.165, 1.54) is 21.9 Å². The Morgan fingerprint density at radius 2 is 2.20 bits per heavy atom. The zero-order valence-electron chi connectivity index (χ0n) is 11.2. The van der Waals surface area contributed by atoms with Crippen LogP contribution in [0.5, 0.6) is 0 Å². The molecule has 0 aliphatic rings. The molecule has 20 heavy (non-hydrogen) atoms. The molecule has 2 aromatic rings. The van der Waals surface area contributed by atoms with Crippen LogP contribution in [-0.2, 0) is 6.54 Å². The Labute approximate surface area is 115 Å². The zero-order chi connectivity index (χ0) is 14.7. The van der Waals surface area contributed by atoms with Gasteiger partial charge in [0.1, 0.15) is 11.5 Å². The lowest BCUT2D eigenvalue weighted by Crippen LogP contribution is -2.30. The normalized spacial score (nSPS) is 10.3. The Bertz CT molecular complexity index is 629. The van der Waals surface area contributed by atoms with Crippen LogP contribution >= 0.6 is 0 Å². The minimum Gasteiger partial charge on any atom is -0.467 e. The molecule has 2 heterocycles. The van der Waals surface area contributed by atoms with Crippen LogP contribution in [0.25, 0.3) is 0 Å². The van der Waals surface area contributed by atoms with Gasteiger partial charge in [0, 0.05) is 20.3 Å². The van der Waals surface area contributed by atoms with E-state index in [1.807, 2.05) is 5.43 Å². The molecule has 0 atom stereocenters. The van der Waals surface area contributed by atoms with Crippen LogP contribution in [0.1, 0.15) is 26.6 Å². The second kappa shape index (κ2) is 5.57. The number of rotatable bonds is 4. The van der Waals surface area contributed by atoms with Crippen LogP contribution in [-0.4, -0.2) is 40.6 Å². The van der Waals surface area contributed by atoms with Crippen molar-refractivity contribution >= 4 is 11.8 Å². The summed E-state index contributed by atoms with van der Waals surface area (Å²) in [6, 6.07) is 3.13. The minimum atomic E-state index is -0.439. The first-order valence-corrected chi connectivity index (χ1v) is 5.85. The smallest absolute Gasteiger partial charge is 0.273 e. The number of amides is 2. The van der Waals surface area contributed by atoms with Crippen LogP contribution in [0, 0.1) is 0 Å². The maximum absolute atomic E-state index is 11.7. The van der Waals surface area contributed by atoms with E-state index in [4.69, 9.17) is 10.3 Å². The van der Waals surface area contributed by atoms with Crippen molar-refractivity contribution in [1.82, 2.24) is 20.1 Å². The summed E-state index contributed by atoms with van der Waals surface area (Å²) in [5, 5.41) is 4.14. The third kappa shape index (κ3) is 2.69. The van der Waals surface area contributed by atoms with Crippen molar-refractivity contribution in [2.75, 3.05) is 14.1 Å². The summed E-state index contributed by atoms with van der Waals surface area (Å²) >= 11 is 0. The first-order valence-electron chi connectivity index (χ1n) is 5.85. The summed E-state index contributed by atoms with van der Waals surface area (Å²) in [4.78, 5) is 24.7. The fourth-order valence-corrected chi connectivity index (χ4v) is 1.68. The zero-order valence-corrected chi connectivity index (χ0v) is 11.2. The summed E-state index contributed by atoms with van der Waals surface area (Å²) in [5.74, 6) is 4.87. The number of hydrazine groups is 1. The van der Waals surface area contributed by atoms with Crippen molar-refractivity contribution in [1.29, 1.82) is 0 Å². The first-order chi connectivity index (χ1) is 9.52. The lowest BCUT2D eigenvalue weighted by Gasteiger charge is -2.07. The second-order valence-corrected chi connectivity index (χ2v) is 4.33. The lowest BCUT2D eigenvalue weighted by atomic mass is 10.2. The molecule has 0 bridgehead atoms. The third-order valence-electron chi connectivity index (χ3n) is 2.69. The molecule has 8 heteroatoms. The third-order valence-corrected chi connectivity index (χ3v) is 2.69. The van der Waals surface area contributed by atoms with E-state index in [1.54, 1.807) is 26.4 Å². The van der Waals surface area contributed by atoms with Crippen LogP contribution in [0.15, 0.2) is 29.0 Å². The van der Waals surface area contributed by atoms with E-state index in [0.717, 1.165) is 0 Å². The Kier molecular flexibility index (Phi) is 3.85. The van der Waals surface area contributed by atoms with E-state index < -0.39 is 5.91 Å². The molecule has 0 aliphatic heterocycles. The number of carbonyl (C=O) groups is 2. The standard InChI is InChI=1S/C12H15N5O3/c1-16(2)12(19)9-3-5-17(15-9)7-10-8(4-6-20-10)11(18)14-13/h3-6H,7,13H2,1-2H3,(H,14,18). The van der Waals surface area contributed by atoms with Crippen molar-refractivity contribution < 1.29 is 14.0 Å². The predicted molar refractivity (Wildman–Crippen MR) is 69.7 cm³/mol. The number of hydrogen-bond acceptors (Lipinski definition) is 5. The predicted octanol–water partition coefficient (Wildman–Crippen LogP) is -0.170. The van der Waals surface area contributed by atoms with E-state index in [2.05, 4.69) is 5.10 Å². The second-order valence-electron chi connectivity index (χ2n) is 4.33. The molecule has 0 aliphatic carbocycles. The molecule has 2 rings (SSSR count).